The second kappa shape index (κ2) is 7.79. The Kier molecular flexibility index (Phi) is 5.49. The van der Waals surface area contributed by atoms with Crippen LogP contribution in [0, 0.1) is 0 Å². The van der Waals surface area contributed by atoms with Crippen molar-refractivity contribution in [3.05, 3.63) is 53.6 Å². The number of fused-ring (bicyclic) bond motifs is 1. The minimum absolute atomic E-state index is 0.0240. The number of halogens is 1. The molecular formula is C20H22ClNO3. The third kappa shape index (κ3) is 3.59. The average Bonchev–Trinajstić information content (AvgIpc) is 2.86. The topological polar surface area (TPSA) is 38.8 Å². The Morgan fingerprint density at radius 1 is 1.12 bits per heavy atom. The molecule has 1 aliphatic rings. The van der Waals surface area contributed by atoms with E-state index in [1.54, 1.807) is 19.1 Å². The van der Waals surface area contributed by atoms with E-state index in [9.17, 15) is 4.79 Å². The molecule has 3 rings (SSSR count). The van der Waals surface area contributed by atoms with Gasteiger partial charge in [-0.3, -0.25) is 4.79 Å². The van der Waals surface area contributed by atoms with Crippen molar-refractivity contribution in [2.24, 2.45) is 0 Å². The first-order valence-corrected chi connectivity index (χ1v) is 8.89. The number of rotatable bonds is 4. The number of alkyl halides is 1. The first kappa shape index (κ1) is 17.6. The molecule has 0 radical (unpaired) electrons. The van der Waals surface area contributed by atoms with Crippen molar-refractivity contribution in [2.45, 2.75) is 18.8 Å². The quantitative estimate of drug-likeness (QED) is 0.768. The highest BCUT2D eigenvalue weighted by molar-refractivity contribution is 6.29. The molecule has 0 saturated carbocycles. The van der Waals surface area contributed by atoms with Crippen molar-refractivity contribution >= 4 is 23.2 Å². The summed E-state index contributed by atoms with van der Waals surface area (Å²) in [5.41, 5.74) is 3.23. The van der Waals surface area contributed by atoms with E-state index in [0.717, 1.165) is 35.6 Å². The highest BCUT2D eigenvalue weighted by atomic mass is 35.5. The molecule has 1 atom stereocenters. The molecule has 25 heavy (non-hydrogen) atoms. The van der Waals surface area contributed by atoms with Gasteiger partial charge in [0.05, 0.1) is 19.9 Å². The Bertz CT molecular complexity index is 745. The van der Waals surface area contributed by atoms with Crippen LogP contribution in [-0.4, -0.2) is 32.6 Å². The second-order valence-corrected chi connectivity index (χ2v) is 6.34. The summed E-state index contributed by atoms with van der Waals surface area (Å²) >= 11 is 5.83. The first-order chi connectivity index (χ1) is 12.2. The fourth-order valence-corrected chi connectivity index (χ4v) is 3.57. The van der Waals surface area contributed by atoms with Gasteiger partial charge in [0.1, 0.15) is 17.4 Å². The van der Waals surface area contributed by atoms with Gasteiger partial charge in [-0.2, -0.15) is 0 Å². The van der Waals surface area contributed by atoms with Gasteiger partial charge in [0.15, 0.2) is 0 Å². The molecule has 0 aromatic heterocycles. The smallest absolute Gasteiger partial charge is 0.241 e. The van der Waals surface area contributed by atoms with Gasteiger partial charge >= 0.3 is 0 Å². The van der Waals surface area contributed by atoms with Crippen LogP contribution in [0.3, 0.4) is 0 Å². The summed E-state index contributed by atoms with van der Waals surface area (Å²) < 4.78 is 10.6. The summed E-state index contributed by atoms with van der Waals surface area (Å²) in [7, 11) is 3.30. The monoisotopic (exact) mass is 359 g/mol. The maximum atomic E-state index is 12.3. The lowest BCUT2D eigenvalue weighted by Gasteiger charge is -2.24. The fourth-order valence-electron chi connectivity index (χ4n) is 3.42. The molecule has 1 unspecified atom stereocenters. The van der Waals surface area contributed by atoms with Gasteiger partial charge in [-0.05, 0) is 42.2 Å². The van der Waals surface area contributed by atoms with Crippen LogP contribution in [0.1, 0.15) is 29.9 Å². The van der Waals surface area contributed by atoms with E-state index in [4.69, 9.17) is 21.1 Å². The molecule has 0 spiro atoms. The number of carbonyl (C=O) groups excluding carboxylic acids is 1. The molecule has 1 amide bonds. The van der Waals surface area contributed by atoms with Crippen LogP contribution >= 0.6 is 11.6 Å². The minimum Gasteiger partial charge on any atom is -0.497 e. The highest BCUT2D eigenvalue weighted by Gasteiger charge is 2.27. The zero-order valence-electron chi connectivity index (χ0n) is 14.5. The normalized spacial score (nSPS) is 16.8. The van der Waals surface area contributed by atoms with E-state index in [-0.39, 0.29) is 17.7 Å². The summed E-state index contributed by atoms with van der Waals surface area (Å²) in [4.78, 5) is 14.1. The van der Waals surface area contributed by atoms with Crippen LogP contribution in [-0.2, 0) is 4.79 Å². The van der Waals surface area contributed by atoms with Crippen molar-refractivity contribution in [1.29, 1.82) is 0 Å². The summed E-state index contributed by atoms with van der Waals surface area (Å²) in [6.07, 6.45) is 1.88. The lowest BCUT2D eigenvalue weighted by atomic mass is 9.87. The summed E-state index contributed by atoms with van der Waals surface area (Å²) in [5.74, 6) is 1.70. The van der Waals surface area contributed by atoms with E-state index < -0.39 is 0 Å². The van der Waals surface area contributed by atoms with Gasteiger partial charge < -0.3 is 14.4 Å². The van der Waals surface area contributed by atoms with E-state index in [0.29, 0.717) is 6.54 Å². The molecule has 2 aromatic rings. The van der Waals surface area contributed by atoms with E-state index in [2.05, 4.69) is 18.2 Å². The van der Waals surface area contributed by atoms with Crippen LogP contribution in [0.2, 0.25) is 0 Å². The molecular weight excluding hydrogens is 338 g/mol. The molecule has 0 bridgehead atoms. The maximum Gasteiger partial charge on any atom is 0.241 e. The minimum atomic E-state index is -0.0773. The molecule has 4 nitrogen and oxygen atoms in total. The number of hydrogen-bond acceptors (Lipinski definition) is 3. The fraction of sp³-hybridized carbons (Fsp3) is 0.350. The zero-order chi connectivity index (χ0) is 17.8. The van der Waals surface area contributed by atoms with Gasteiger partial charge in [0, 0.05) is 18.5 Å². The third-order valence-electron chi connectivity index (χ3n) is 4.71. The van der Waals surface area contributed by atoms with Crippen LogP contribution in [0.5, 0.6) is 11.5 Å². The van der Waals surface area contributed by atoms with Crippen molar-refractivity contribution < 1.29 is 14.3 Å². The standard InChI is InChI=1S/C20H22ClNO3/c1-24-15-7-5-14(6-8-15)17-4-3-11-22(20(23)13-21)19-12-16(25-2)9-10-18(17)19/h5-10,12,17H,3-4,11,13H2,1-2H3. The van der Waals surface area contributed by atoms with E-state index in [1.165, 1.54) is 5.56 Å². The lowest BCUT2D eigenvalue weighted by Crippen LogP contribution is -2.32. The predicted octanol–water partition coefficient (Wildman–Crippen LogP) is 4.20. The molecule has 0 fully saturated rings. The third-order valence-corrected chi connectivity index (χ3v) is 4.94. The molecule has 0 N–H and O–H groups in total. The molecule has 1 aliphatic heterocycles. The largest absolute Gasteiger partial charge is 0.497 e. The number of methoxy groups -OCH3 is 2. The van der Waals surface area contributed by atoms with Gasteiger partial charge in [0.2, 0.25) is 5.91 Å². The molecule has 1 heterocycles. The summed E-state index contributed by atoms with van der Waals surface area (Å²) in [6.45, 7) is 0.665. The van der Waals surface area contributed by atoms with Crippen molar-refractivity contribution in [3.63, 3.8) is 0 Å². The molecule has 2 aromatic carbocycles. The van der Waals surface area contributed by atoms with Crippen molar-refractivity contribution in [2.75, 3.05) is 31.5 Å². The van der Waals surface area contributed by atoms with Crippen molar-refractivity contribution in [1.82, 2.24) is 0 Å². The second-order valence-electron chi connectivity index (χ2n) is 6.07. The predicted molar refractivity (Wildman–Crippen MR) is 100 cm³/mol. The Morgan fingerprint density at radius 2 is 1.80 bits per heavy atom. The Labute approximate surface area is 153 Å². The summed E-state index contributed by atoms with van der Waals surface area (Å²) in [5, 5.41) is 0. The van der Waals surface area contributed by atoms with Gasteiger partial charge in [-0.15, -0.1) is 11.6 Å². The van der Waals surface area contributed by atoms with E-state index >= 15 is 0 Å². The highest BCUT2D eigenvalue weighted by Crippen LogP contribution is 2.40. The average molecular weight is 360 g/mol. The lowest BCUT2D eigenvalue weighted by molar-refractivity contribution is -0.116. The van der Waals surface area contributed by atoms with Crippen molar-refractivity contribution in [3.8, 4) is 11.5 Å². The first-order valence-electron chi connectivity index (χ1n) is 8.36. The molecule has 5 heteroatoms. The van der Waals surface area contributed by atoms with Gasteiger partial charge in [0.25, 0.3) is 0 Å². The molecule has 0 saturated heterocycles. The van der Waals surface area contributed by atoms with Crippen LogP contribution < -0.4 is 14.4 Å². The van der Waals surface area contributed by atoms with E-state index in [1.807, 2.05) is 24.3 Å². The Hall–Kier alpha value is -2.20. The van der Waals surface area contributed by atoms with Crippen LogP contribution in [0.4, 0.5) is 5.69 Å². The van der Waals surface area contributed by atoms with Crippen LogP contribution in [0.25, 0.3) is 0 Å². The maximum absolute atomic E-state index is 12.3. The van der Waals surface area contributed by atoms with Gasteiger partial charge in [-0.1, -0.05) is 18.2 Å². The zero-order valence-corrected chi connectivity index (χ0v) is 15.3. The number of benzene rings is 2. The number of anilines is 1. The Morgan fingerprint density at radius 3 is 2.44 bits per heavy atom. The number of nitrogens with zero attached hydrogens (tertiary/aromatic N) is 1. The van der Waals surface area contributed by atoms with Gasteiger partial charge in [-0.25, -0.2) is 0 Å². The number of carbonyl (C=O) groups is 1. The number of hydrogen-bond donors (Lipinski definition) is 0. The number of amides is 1. The molecule has 132 valence electrons. The molecule has 0 aliphatic carbocycles. The Balaban J connectivity index is 2.07. The van der Waals surface area contributed by atoms with Crippen LogP contribution in [0.15, 0.2) is 42.5 Å². The summed E-state index contributed by atoms with van der Waals surface area (Å²) in [6, 6.07) is 14.1. The number of ether oxygens (including phenoxy) is 2. The SMILES string of the molecule is COc1ccc(C2CCCN(C(=O)CCl)c3cc(OC)ccc32)cc1.